The van der Waals surface area contributed by atoms with E-state index in [0.29, 0.717) is 37.1 Å². The minimum Gasteiger partial charge on any atom is -0.490 e. The van der Waals surface area contributed by atoms with Crippen molar-refractivity contribution in [2.45, 2.75) is 103 Å². The molecule has 1 spiro atoms. The zero-order chi connectivity index (χ0) is 35.1. The first-order chi connectivity index (χ1) is 23.1. The van der Waals surface area contributed by atoms with Crippen LogP contribution in [-0.4, -0.2) is 74.2 Å². The van der Waals surface area contributed by atoms with Crippen molar-refractivity contribution in [2.75, 3.05) is 44.8 Å². The van der Waals surface area contributed by atoms with Crippen LogP contribution < -0.4 is 9.64 Å². The van der Waals surface area contributed by atoms with Crippen molar-refractivity contribution in [3.63, 3.8) is 0 Å². The Kier molecular flexibility index (Phi) is 10.0. The number of ether oxygens (including phenoxy) is 4. The molecule has 0 unspecified atom stereocenters. The molecule has 4 aliphatic rings. The van der Waals surface area contributed by atoms with Gasteiger partial charge in [0, 0.05) is 43.7 Å². The van der Waals surface area contributed by atoms with Gasteiger partial charge in [0.1, 0.15) is 17.0 Å². The van der Waals surface area contributed by atoms with Crippen LogP contribution in [0.15, 0.2) is 48.0 Å². The molecule has 0 N–H and O–H groups in total. The van der Waals surface area contributed by atoms with E-state index >= 15 is 0 Å². The van der Waals surface area contributed by atoms with Crippen LogP contribution in [0, 0.1) is 11.8 Å². The van der Waals surface area contributed by atoms with Gasteiger partial charge in [-0.2, -0.15) is 0 Å². The van der Waals surface area contributed by atoms with Gasteiger partial charge in [0.25, 0.3) is 0 Å². The Labute approximate surface area is 297 Å². The summed E-state index contributed by atoms with van der Waals surface area (Å²) >= 11 is 6.47. The number of carbonyl (C=O) groups is 2. The van der Waals surface area contributed by atoms with Gasteiger partial charge in [0.2, 0.25) is 0 Å². The number of aryl methyl sites for hydroxylation is 1. The minimum atomic E-state index is -0.594. The summed E-state index contributed by atoms with van der Waals surface area (Å²) in [6.07, 6.45) is 7.91. The molecule has 0 aromatic heterocycles. The van der Waals surface area contributed by atoms with Crippen molar-refractivity contribution in [1.29, 1.82) is 0 Å². The van der Waals surface area contributed by atoms with Crippen LogP contribution >= 0.6 is 11.6 Å². The van der Waals surface area contributed by atoms with Crippen LogP contribution in [0.4, 0.5) is 10.5 Å². The van der Waals surface area contributed by atoms with Gasteiger partial charge in [-0.25, -0.2) is 9.59 Å². The topological polar surface area (TPSA) is 77.5 Å². The molecule has 2 aromatic rings. The van der Waals surface area contributed by atoms with E-state index in [0.717, 1.165) is 68.1 Å². The smallest absolute Gasteiger partial charge is 0.410 e. The Balaban J connectivity index is 1.27. The van der Waals surface area contributed by atoms with E-state index in [1.165, 1.54) is 16.7 Å². The predicted molar refractivity (Wildman–Crippen MR) is 193 cm³/mol. The van der Waals surface area contributed by atoms with Crippen LogP contribution in [0.5, 0.6) is 5.75 Å². The quantitative estimate of drug-likeness (QED) is 0.222. The first-order valence-corrected chi connectivity index (χ1v) is 18.3. The maximum atomic E-state index is 13.3. The monoisotopic (exact) mass is 692 g/mol. The molecule has 266 valence electrons. The second kappa shape index (κ2) is 13.8. The number of anilines is 1. The number of amides is 1. The van der Waals surface area contributed by atoms with E-state index in [1.54, 1.807) is 4.90 Å². The molecule has 1 saturated carbocycles. The average molecular weight is 693 g/mol. The molecule has 0 saturated heterocycles. The highest BCUT2D eigenvalue weighted by Gasteiger charge is 2.45. The number of benzene rings is 2. The number of methoxy groups -OCH3 is 1. The fourth-order valence-electron chi connectivity index (χ4n) is 8.12. The van der Waals surface area contributed by atoms with Crippen molar-refractivity contribution in [3.05, 3.63) is 69.8 Å². The summed E-state index contributed by atoms with van der Waals surface area (Å²) in [5, 5.41) is 0.765. The van der Waals surface area contributed by atoms with Crippen molar-refractivity contribution < 1.29 is 28.5 Å². The van der Waals surface area contributed by atoms with Gasteiger partial charge < -0.3 is 28.7 Å². The molecule has 49 heavy (non-hydrogen) atoms. The van der Waals surface area contributed by atoms with Crippen molar-refractivity contribution >= 4 is 29.4 Å². The number of hydrogen-bond acceptors (Lipinski definition) is 7. The zero-order valence-corrected chi connectivity index (χ0v) is 31.0. The number of hydrogen-bond donors (Lipinski definition) is 0. The van der Waals surface area contributed by atoms with Crippen molar-refractivity contribution in [2.24, 2.45) is 11.8 Å². The van der Waals surface area contributed by atoms with Gasteiger partial charge in [-0.05, 0) is 139 Å². The number of rotatable bonds is 6. The Morgan fingerprint density at radius 1 is 1.02 bits per heavy atom. The van der Waals surface area contributed by atoms with Crippen molar-refractivity contribution in [3.8, 4) is 5.75 Å². The zero-order valence-electron chi connectivity index (χ0n) is 30.3. The Hall–Kier alpha value is -3.23. The highest BCUT2D eigenvalue weighted by Crippen LogP contribution is 2.47. The van der Waals surface area contributed by atoms with E-state index < -0.39 is 11.2 Å². The molecule has 0 radical (unpaired) electrons. The number of fused-ring (bicyclic) bond motifs is 3. The first kappa shape index (κ1) is 35.6. The summed E-state index contributed by atoms with van der Waals surface area (Å²) < 4.78 is 24.3. The standard InChI is InChI=1S/C40H53ClN2O6/c1-38(2,3)48-36(44)28-11-15-34-33(22-28)43(24-40(25-47-34)18-8-9-27-21-30(41)12-14-32(27)40)23-29-10-13-31(29)35(46-7)26-16-19-42(20-17-26)37(45)49-39(4,5)6/h11-12,14-16,21-22,29,31,35H,8-10,13,17-20,23-25H2,1-7H3/t29-,31+,35-,40-/m0/s1. The third-order valence-corrected chi connectivity index (χ3v) is 10.7. The second-order valence-corrected chi connectivity index (χ2v) is 16.8. The lowest BCUT2D eigenvalue weighted by Crippen LogP contribution is -2.50. The second-order valence-electron chi connectivity index (χ2n) is 16.4. The van der Waals surface area contributed by atoms with Gasteiger partial charge >= 0.3 is 12.1 Å². The minimum absolute atomic E-state index is 0.0122. The summed E-state index contributed by atoms with van der Waals surface area (Å²) in [4.78, 5) is 30.2. The lowest BCUT2D eigenvalue weighted by molar-refractivity contribution is 0.000246. The molecule has 4 atom stereocenters. The first-order valence-electron chi connectivity index (χ1n) is 17.9. The fraction of sp³-hybridized carbons (Fsp3) is 0.600. The average Bonchev–Trinajstić information content (AvgIpc) is 3.17. The highest BCUT2D eigenvalue weighted by atomic mass is 35.5. The maximum Gasteiger partial charge on any atom is 0.410 e. The van der Waals surface area contributed by atoms with E-state index in [2.05, 4.69) is 23.1 Å². The number of nitrogens with zero attached hydrogens (tertiary/aromatic N) is 2. The van der Waals surface area contributed by atoms with E-state index in [4.69, 9.17) is 30.5 Å². The van der Waals surface area contributed by atoms with E-state index in [-0.39, 0.29) is 23.6 Å². The number of carbonyl (C=O) groups excluding carboxylic acids is 2. The third kappa shape index (κ3) is 7.91. The molecular formula is C40H53ClN2O6. The number of esters is 1. The van der Waals surface area contributed by atoms with Gasteiger partial charge in [-0.15, -0.1) is 0 Å². The molecule has 2 aromatic carbocycles. The third-order valence-electron chi connectivity index (χ3n) is 10.5. The van der Waals surface area contributed by atoms with Crippen LogP contribution in [0.1, 0.15) is 95.1 Å². The lowest BCUT2D eigenvalue weighted by atomic mass is 9.67. The summed E-state index contributed by atoms with van der Waals surface area (Å²) in [7, 11) is 1.81. The summed E-state index contributed by atoms with van der Waals surface area (Å²) in [5.74, 6) is 1.19. The molecule has 0 bridgehead atoms. The Morgan fingerprint density at radius 3 is 2.45 bits per heavy atom. The van der Waals surface area contributed by atoms with Crippen LogP contribution in [0.3, 0.4) is 0 Å². The van der Waals surface area contributed by atoms with Crippen molar-refractivity contribution in [1.82, 2.24) is 4.90 Å². The van der Waals surface area contributed by atoms with Crippen LogP contribution in [-0.2, 0) is 26.0 Å². The molecule has 2 aliphatic carbocycles. The normalized spacial score (nSPS) is 24.4. The van der Waals surface area contributed by atoms with Gasteiger partial charge in [-0.1, -0.05) is 23.7 Å². The molecule has 2 aliphatic heterocycles. The highest BCUT2D eigenvalue weighted by molar-refractivity contribution is 6.30. The number of halogens is 1. The van der Waals surface area contributed by atoms with Gasteiger partial charge in [0.05, 0.1) is 24.0 Å². The summed E-state index contributed by atoms with van der Waals surface area (Å²) in [6.45, 7) is 14.7. The molecule has 9 heteroatoms. The molecule has 1 amide bonds. The lowest BCUT2D eigenvalue weighted by Gasteiger charge is -2.47. The largest absolute Gasteiger partial charge is 0.490 e. The van der Waals surface area contributed by atoms with E-state index in [1.807, 2.05) is 72.9 Å². The Bertz CT molecular complexity index is 1590. The van der Waals surface area contributed by atoms with Crippen LogP contribution in [0.2, 0.25) is 5.02 Å². The predicted octanol–water partition coefficient (Wildman–Crippen LogP) is 8.38. The maximum absolute atomic E-state index is 13.3. The Morgan fingerprint density at radius 2 is 1.80 bits per heavy atom. The molecule has 8 nitrogen and oxygen atoms in total. The van der Waals surface area contributed by atoms with Crippen LogP contribution in [0.25, 0.3) is 0 Å². The van der Waals surface area contributed by atoms with Gasteiger partial charge in [0.15, 0.2) is 0 Å². The van der Waals surface area contributed by atoms with E-state index in [9.17, 15) is 9.59 Å². The summed E-state index contributed by atoms with van der Waals surface area (Å²) in [5.41, 5.74) is 4.01. The molecular weight excluding hydrogens is 640 g/mol. The fourth-order valence-corrected chi connectivity index (χ4v) is 8.31. The molecule has 1 fully saturated rings. The summed E-state index contributed by atoms with van der Waals surface area (Å²) in [6, 6.07) is 12.0. The SMILES string of the molecule is CO[C@@H](C1=CCN(C(=O)OC(C)(C)C)CC1)[C@@H]1CC[C@H]1CN1C[C@@]2(CCCc3cc(Cl)ccc32)COc2ccc(C(=O)OC(C)(C)C)cc21. The van der Waals surface area contributed by atoms with Gasteiger partial charge in [-0.3, -0.25) is 0 Å². The molecule has 2 heterocycles. The molecule has 6 rings (SSSR count).